The quantitative estimate of drug-likeness (QED) is 0.761. The van der Waals surface area contributed by atoms with Crippen LogP contribution in [0.1, 0.15) is 48.3 Å². The van der Waals surface area contributed by atoms with Gasteiger partial charge in [-0.2, -0.15) is 5.10 Å². The van der Waals surface area contributed by atoms with Gasteiger partial charge >= 0.3 is 0 Å². The van der Waals surface area contributed by atoms with Gasteiger partial charge in [-0.25, -0.2) is 4.98 Å². The monoisotopic (exact) mass is 335 g/mol. The van der Waals surface area contributed by atoms with E-state index in [0.29, 0.717) is 11.3 Å². The molecule has 0 aliphatic heterocycles. The van der Waals surface area contributed by atoms with Crippen LogP contribution in [0, 0.1) is 5.92 Å². The summed E-state index contributed by atoms with van der Waals surface area (Å²) >= 11 is 0. The largest absolute Gasteiger partial charge is 0.304 e. The predicted octanol–water partition coefficient (Wildman–Crippen LogP) is 3.73. The number of H-pyrrole nitrogens is 1. The number of benzene rings is 1. The summed E-state index contributed by atoms with van der Waals surface area (Å²) < 4.78 is 0. The van der Waals surface area contributed by atoms with Gasteiger partial charge in [0.05, 0.1) is 17.2 Å². The van der Waals surface area contributed by atoms with Crippen molar-refractivity contribution in [1.82, 2.24) is 20.2 Å². The topological polar surface area (TPSA) is 83.6 Å². The number of carbonyl (C=O) groups is 1. The van der Waals surface area contributed by atoms with Gasteiger partial charge in [0.1, 0.15) is 5.69 Å². The van der Waals surface area contributed by atoms with Crippen LogP contribution < -0.4 is 5.32 Å². The molecule has 0 spiro atoms. The van der Waals surface area contributed by atoms with Gasteiger partial charge in [0, 0.05) is 11.8 Å². The highest BCUT2D eigenvalue weighted by Gasteiger charge is 2.16. The number of nitrogens with one attached hydrogen (secondary N) is 2. The number of hydrogen-bond donors (Lipinski definition) is 2. The highest BCUT2D eigenvalue weighted by atomic mass is 16.2. The summed E-state index contributed by atoms with van der Waals surface area (Å²) in [6, 6.07) is 9.41. The molecule has 1 aromatic carbocycles. The molecule has 2 aromatic heterocycles. The first kappa shape index (κ1) is 15.7. The minimum atomic E-state index is -0.297. The zero-order chi connectivity index (χ0) is 17.1. The van der Waals surface area contributed by atoms with Crippen LogP contribution in [0.3, 0.4) is 0 Å². The number of hydrogen-bond acceptors (Lipinski definition) is 4. The predicted molar refractivity (Wildman–Crippen MR) is 96.4 cm³/mol. The van der Waals surface area contributed by atoms with Crippen molar-refractivity contribution < 1.29 is 4.79 Å². The minimum absolute atomic E-state index is 0.288. The molecule has 1 fully saturated rings. The molecule has 0 bridgehead atoms. The van der Waals surface area contributed by atoms with Crippen LogP contribution in [0.25, 0.3) is 11.0 Å². The Morgan fingerprint density at radius 2 is 1.96 bits per heavy atom. The Bertz CT molecular complexity index is 882. The van der Waals surface area contributed by atoms with Crippen molar-refractivity contribution in [3.8, 4) is 0 Å². The maximum Gasteiger partial charge on any atom is 0.277 e. The number of fused-ring (bicyclic) bond motifs is 1. The smallest absolute Gasteiger partial charge is 0.277 e. The lowest BCUT2D eigenvalue weighted by Crippen LogP contribution is -2.14. The molecule has 1 aliphatic carbocycles. The average molecular weight is 335 g/mol. The second kappa shape index (κ2) is 7.01. The third kappa shape index (κ3) is 3.68. The lowest BCUT2D eigenvalue weighted by Gasteiger charge is -2.20. The zero-order valence-electron chi connectivity index (χ0n) is 14.0. The number of carbonyl (C=O) groups excluding carboxylic acids is 1. The van der Waals surface area contributed by atoms with Crippen molar-refractivity contribution in [2.45, 2.75) is 38.5 Å². The van der Waals surface area contributed by atoms with Crippen LogP contribution in [0.5, 0.6) is 0 Å². The van der Waals surface area contributed by atoms with E-state index in [4.69, 9.17) is 0 Å². The van der Waals surface area contributed by atoms with Gasteiger partial charge in [-0.15, -0.1) is 0 Å². The van der Waals surface area contributed by atoms with Crippen molar-refractivity contribution in [2.75, 3.05) is 5.32 Å². The van der Waals surface area contributed by atoms with Crippen LogP contribution in [-0.2, 0) is 6.42 Å². The normalized spacial score (nSPS) is 15.4. The molecule has 1 aliphatic rings. The summed E-state index contributed by atoms with van der Waals surface area (Å²) in [6.07, 6.45) is 9.06. The summed E-state index contributed by atoms with van der Waals surface area (Å²) in [5, 5.41) is 10.0. The summed E-state index contributed by atoms with van der Waals surface area (Å²) in [6.45, 7) is 0. The van der Waals surface area contributed by atoms with Crippen LogP contribution in [0.2, 0.25) is 0 Å². The average Bonchev–Trinajstić information content (AvgIpc) is 3.09. The van der Waals surface area contributed by atoms with Crippen molar-refractivity contribution in [2.24, 2.45) is 5.92 Å². The molecule has 0 saturated heterocycles. The standard InChI is InChI=1S/C19H21N5O/c25-19(17-12-20-15-8-4-5-9-16(15)21-17)22-18-11-14(23-24-18)10-13-6-2-1-3-7-13/h4-5,8-9,11-13H,1-3,6-7,10H2,(H2,22,23,24,25). The van der Waals surface area contributed by atoms with Gasteiger partial charge in [0.15, 0.2) is 5.82 Å². The first-order valence-electron chi connectivity index (χ1n) is 8.85. The number of amides is 1. The molecule has 4 rings (SSSR count). The number of anilines is 1. The molecule has 6 nitrogen and oxygen atoms in total. The number of rotatable bonds is 4. The molecule has 0 radical (unpaired) electrons. The lowest BCUT2D eigenvalue weighted by atomic mass is 9.86. The van der Waals surface area contributed by atoms with Crippen LogP contribution >= 0.6 is 0 Å². The van der Waals surface area contributed by atoms with E-state index >= 15 is 0 Å². The van der Waals surface area contributed by atoms with Crippen molar-refractivity contribution >= 4 is 22.8 Å². The third-order valence-corrected chi connectivity index (χ3v) is 4.79. The number of para-hydroxylation sites is 2. The molecule has 0 unspecified atom stereocenters. The van der Waals surface area contributed by atoms with E-state index in [1.54, 1.807) is 0 Å². The molecule has 3 aromatic rings. The van der Waals surface area contributed by atoms with Gasteiger partial charge in [0.25, 0.3) is 5.91 Å². The second-order valence-electron chi connectivity index (χ2n) is 6.68. The maximum absolute atomic E-state index is 12.4. The van der Waals surface area contributed by atoms with Gasteiger partial charge in [0.2, 0.25) is 0 Å². The Balaban J connectivity index is 1.43. The zero-order valence-corrected chi connectivity index (χ0v) is 14.0. The third-order valence-electron chi connectivity index (χ3n) is 4.79. The molecule has 2 heterocycles. The van der Waals surface area contributed by atoms with Gasteiger partial charge in [-0.05, 0) is 24.5 Å². The molecular weight excluding hydrogens is 314 g/mol. The summed E-state index contributed by atoms with van der Waals surface area (Å²) in [5.41, 5.74) is 2.84. The van der Waals surface area contributed by atoms with Crippen molar-refractivity contribution in [3.05, 3.63) is 47.9 Å². The minimum Gasteiger partial charge on any atom is -0.304 e. The van der Waals surface area contributed by atoms with Gasteiger partial charge < -0.3 is 5.32 Å². The Morgan fingerprint density at radius 3 is 2.80 bits per heavy atom. The molecule has 1 amide bonds. The first-order valence-corrected chi connectivity index (χ1v) is 8.85. The molecule has 0 atom stereocenters. The van der Waals surface area contributed by atoms with Gasteiger partial charge in [-0.1, -0.05) is 44.2 Å². The molecule has 25 heavy (non-hydrogen) atoms. The maximum atomic E-state index is 12.4. The number of aromatic nitrogens is 4. The van der Waals surface area contributed by atoms with Crippen molar-refractivity contribution in [3.63, 3.8) is 0 Å². The lowest BCUT2D eigenvalue weighted by molar-refractivity contribution is 0.102. The van der Waals surface area contributed by atoms with Crippen molar-refractivity contribution in [1.29, 1.82) is 0 Å². The Morgan fingerprint density at radius 1 is 1.16 bits per heavy atom. The highest BCUT2D eigenvalue weighted by molar-refractivity contribution is 6.03. The Labute approximate surface area is 146 Å². The number of aromatic amines is 1. The van der Waals surface area contributed by atoms with E-state index in [2.05, 4.69) is 25.5 Å². The first-order chi connectivity index (χ1) is 12.3. The molecular formula is C19H21N5O. The van der Waals surface area contributed by atoms with Crippen LogP contribution in [-0.4, -0.2) is 26.1 Å². The van der Waals surface area contributed by atoms with E-state index in [0.717, 1.165) is 23.5 Å². The Kier molecular flexibility index (Phi) is 4.41. The SMILES string of the molecule is O=C(Nc1cc(CC2CCCCC2)[nH]n1)c1cnc2ccccc2n1. The fourth-order valence-electron chi connectivity index (χ4n) is 3.48. The van der Waals surface area contributed by atoms with Crippen LogP contribution in [0.4, 0.5) is 5.82 Å². The molecule has 1 saturated carbocycles. The molecule has 128 valence electrons. The second-order valence-corrected chi connectivity index (χ2v) is 6.68. The van der Waals surface area contributed by atoms with Gasteiger partial charge in [-0.3, -0.25) is 14.9 Å². The van der Waals surface area contributed by atoms with E-state index in [-0.39, 0.29) is 11.6 Å². The van der Waals surface area contributed by atoms with E-state index in [9.17, 15) is 4.79 Å². The van der Waals surface area contributed by atoms with E-state index < -0.39 is 0 Å². The summed E-state index contributed by atoms with van der Waals surface area (Å²) in [4.78, 5) is 21.0. The summed E-state index contributed by atoms with van der Waals surface area (Å²) in [5.74, 6) is 0.962. The molecule has 6 heteroatoms. The highest BCUT2D eigenvalue weighted by Crippen LogP contribution is 2.26. The fourth-order valence-corrected chi connectivity index (χ4v) is 3.48. The molecule has 2 N–H and O–H groups in total. The van der Waals surface area contributed by atoms with Crippen LogP contribution in [0.15, 0.2) is 36.5 Å². The Hall–Kier alpha value is -2.76. The van der Waals surface area contributed by atoms with E-state index in [1.165, 1.54) is 38.3 Å². The number of nitrogens with zero attached hydrogens (tertiary/aromatic N) is 3. The fraction of sp³-hybridized carbons (Fsp3) is 0.368. The van der Waals surface area contributed by atoms with E-state index in [1.807, 2.05) is 30.3 Å². The summed E-state index contributed by atoms with van der Waals surface area (Å²) in [7, 11) is 0.